The number of aromatic nitrogens is 1. The second kappa shape index (κ2) is 6.74. The van der Waals surface area contributed by atoms with Gasteiger partial charge in [0.05, 0.1) is 5.02 Å². The Hall–Kier alpha value is -1.15. The van der Waals surface area contributed by atoms with Crippen LogP contribution >= 0.6 is 22.9 Å². The average Bonchev–Trinajstić information content (AvgIpc) is 2.81. The first-order valence-electron chi connectivity index (χ1n) is 6.37. The van der Waals surface area contributed by atoms with E-state index in [1.165, 1.54) is 17.5 Å². The van der Waals surface area contributed by atoms with Crippen molar-refractivity contribution in [3.05, 3.63) is 39.2 Å². The van der Waals surface area contributed by atoms with E-state index in [0.29, 0.717) is 6.54 Å². The summed E-state index contributed by atoms with van der Waals surface area (Å²) in [6.07, 6.45) is 1.49. The van der Waals surface area contributed by atoms with Crippen molar-refractivity contribution in [2.45, 2.75) is 25.3 Å². The number of hydrogen-bond donors (Lipinski definition) is 2. The molecule has 2 aromatic heterocycles. The number of nitrogens with zero attached hydrogens (tertiary/aromatic N) is 1. The number of thiophene rings is 1. The van der Waals surface area contributed by atoms with Crippen molar-refractivity contribution in [3.8, 4) is 0 Å². The molecule has 0 radical (unpaired) electrons. The predicted molar refractivity (Wildman–Crippen MR) is 86.5 cm³/mol. The Morgan fingerprint density at radius 3 is 2.86 bits per heavy atom. The van der Waals surface area contributed by atoms with Gasteiger partial charge in [0, 0.05) is 22.5 Å². The minimum atomic E-state index is -3.69. The number of sulfonamides is 1. The van der Waals surface area contributed by atoms with Crippen LogP contribution in [0.1, 0.15) is 16.7 Å². The first-order chi connectivity index (χ1) is 9.94. The summed E-state index contributed by atoms with van der Waals surface area (Å²) in [5.74, 6) is 0.137. The van der Waals surface area contributed by atoms with E-state index in [0.717, 1.165) is 16.3 Å². The Morgan fingerprint density at radius 2 is 2.19 bits per heavy atom. The van der Waals surface area contributed by atoms with Crippen LogP contribution in [0.3, 0.4) is 0 Å². The fraction of sp³-hybridized carbons (Fsp3) is 0.308. The minimum absolute atomic E-state index is 0.137. The summed E-state index contributed by atoms with van der Waals surface area (Å²) >= 11 is 7.40. The highest BCUT2D eigenvalue weighted by Crippen LogP contribution is 2.28. The molecule has 2 rings (SSSR count). The highest BCUT2D eigenvalue weighted by molar-refractivity contribution is 7.93. The highest BCUT2D eigenvalue weighted by Gasteiger charge is 2.21. The van der Waals surface area contributed by atoms with Crippen molar-refractivity contribution in [2.75, 3.05) is 11.3 Å². The fourth-order valence-electron chi connectivity index (χ4n) is 1.77. The molecule has 0 fully saturated rings. The van der Waals surface area contributed by atoms with E-state index >= 15 is 0 Å². The van der Waals surface area contributed by atoms with Gasteiger partial charge in [-0.2, -0.15) is 0 Å². The minimum Gasteiger partial charge on any atom is -0.312 e. The molecule has 8 heteroatoms. The molecule has 0 amide bonds. The van der Waals surface area contributed by atoms with Gasteiger partial charge in [-0.3, -0.25) is 4.72 Å². The Kier molecular flexibility index (Phi) is 5.21. The number of aryl methyl sites for hydroxylation is 1. The van der Waals surface area contributed by atoms with Crippen LogP contribution in [0.5, 0.6) is 0 Å². The molecule has 114 valence electrons. The van der Waals surface area contributed by atoms with E-state index in [1.807, 2.05) is 6.92 Å². The molecule has 2 heterocycles. The van der Waals surface area contributed by atoms with Crippen molar-refractivity contribution >= 4 is 38.8 Å². The number of halogens is 1. The van der Waals surface area contributed by atoms with E-state index in [-0.39, 0.29) is 15.7 Å². The standard InChI is InChI=1S/C13H16ClN3O2S2/c1-3-15-8-10-7-12(9(2)20-10)21(18,19)17-13-11(14)5-4-6-16-13/h4-7,15H,3,8H2,1-2H3,(H,16,17). The van der Waals surface area contributed by atoms with Crippen LogP contribution < -0.4 is 10.0 Å². The van der Waals surface area contributed by atoms with Crippen LogP contribution in [0, 0.1) is 6.92 Å². The summed E-state index contributed by atoms with van der Waals surface area (Å²) in [4.78, 5) is 5.92. The smallest absolute Gasteiger partial charge is 0.264 e. The van der Waals surface area contributed by atoms with Crippen LogP contribution in [0.15, 0.2) is 29.3 Å². The normalized spacial score (nSPS) is 11.6. The Labute approximate surface area is 133 Å². The van der Waals surface area contributed by atoms with Gasteiger partial charge in [-0.15, -0.1) is 11.3 Å². The van der Waals surface area contributed by atoms with Gasteiger partial charge in [0.25, 0.3) is 10.0 Å². The topological polar surface area (TPSA) is 71.1 Å². The van der Waals surface area contributed by atoms with Crippen LogP contribution in [0.2, 0.25) is 5.02 Å². The first kappa shape index (κ1) is 16.2. The van der Waals surface area contributed by atoms with Gasteiger partial charge >= 0.3 is 0 Å². The van der Waals surface area contributed by atoms with E-state index in [1.54, 1.807) is 25.1 Å². The number of nitrogens with one attached hydrogen (secondary N) is 2. The average molecular weight is 346 g/mol. The number of pyridine rings is 1. The van der Waals surface area contributed by atoms with Crippen molar-refractivity contribution in [1.82, 2.24) is 10.3 Å². The lowest BCUT2D eigenvalue weighted by Crippen LogP contribution is -2.14. The zero-order valence-corrected chi connectivity index (χ0v) is 14.1. The zero-order chi connectivity index (χ0) is 15.5. The molecular weight excluding hydrogens is 330 g/mol. The van der Waals surface area contributed by atoms with Gasteiger partial charge in [0.15, 0.2) is 5.82 Å². The summed E-state index contributed by atoms with van der Waals surface area (Å²) in [7, 11) is -3.69. The quantitative estimate of drug-likeness (QED) is 0.844. The first-order valence-corrected chi connectivity index (χ1v) is 9.05. The van der Waals surface area contributed by atoms with Crippen molar-refractivity contribution in [3.63, 3.8) is 0 Å². The molecule has 0 aliphatic rings. The van der Waals surface area contributed by atoms with E-state index in [2.05, 4.69) is 15.0 Å². The second-order valence-corrected chi connectivity index (χ2v) is 7.75. The Bertz CT molecular complexity index is 729. The lowest BCUT2D eigenvalue weighted by molar-refractivity contribution is 0.601. The lowest BCUT2D eigenvalue weighted by atomic mass is 10.4. The molecule has 0 aliphatic carbocycles. The fourth-order valence-corrected chi connectivity index (χ4v) is 4.63. The molecule has 0 saturated carbocycles. The molecule has 0 atom stereocenters. The van der Waals surface area contributed by atoms with E-state index in [4.69, 9.17) is 11.6 Å². The molecule has 0 unspecified atom stereocenters. The van der Waals surface area contributed by atoms with Gasteiger partial charge in [-0.1, -0.05) is 18.5 Å². The summed E-state index contributed by atoms with van der Waals surface area (Å²) < 4.78 is 27.3. The lowest BCUT2D eigenvalue weighted by Gasteiger charge is -2.07. The van der Waals surface area contributed by atoms with Gasteiger partial charge in [-0.05, 0) is 31.7 Å². The van der Waals surface area contributed by atoms with Gasteiger partial charge < -0.3 is 5.32 Å². The monoisotopic (exact) mass is 345 g/mol. The molecule has 0 bridgehead atoms. The molecule has 0 spiro atoms. The Balaban J connectivity index is 2.27. The van der Waals surface area contributed by atoms with Gasteiger partial charge in [0.2, 0.25) is 0 Å². The Morgan fingerprint density at radius 1 is 1.43 bits per heavy atom. The number of rotatable bonds is 6. The maximum atomic E-state index is 12.4. The van der Waals surface area contributed by atoms with Crippen LogP contribution in [0.4, 0.5) is 5.82 Å². The third-order valence-corrected chi connectivity index (χ3v) is 5.70. The third-order valence-electron chi connectivity index (χ3n) is 2.75. The van der Waals surface area contributed by atoms with E-state index < -0.39 is 10.0 Å². The molecular formula is C13H16ClN3O2S2. The SMILES string of the molecule is CCNCc1cc(S(=O)(=O)Nc2ncccc2Cl)c(C)s1. The van der Waals surface area contributed by atoms with Crippen LogP contribution in [-0.4, -0.2) is 19.9 Å². The molecule has 2 N–H and O–H groups in total. The van der Waals surface area contributed by atoms with Crippen molar-refractivity contribution < 1.29 is 8.42 Å². The molecule has 21 heavy (non-hydrogen) atoms. The molecule has 0 aromatic carbocycles. The van der Waals surface area contributed by atoms with Crippen molar-refractivity contribution in [1.29, 1.82) is 0 Å². The third kappa shape index (κ3) is 3.94. The second-order valence-electron chi connectivity index (χ2n) is 4.35. The van der Waals surface area contributed by atoms with Crippen LogP contribution in [-0.2, 0) is 16.6 Å². The summed E-state index contributed by atoms with van der Waals surface area (Å²) in [6, 6.07) is 4.91. The zero-order valence-electron chi connectivity index (χ0n) is 11.7. The summed E-state index contributed by atoms with van der Waals surface area (Å²) in [5.41, 5.74) is 0. The largest absolute Gasteiger partial charge is 0.312 e. The molecule has 0 saturated heterocycles. The number of hydrogen-bond acceptors (Lipinski definition) is 5. The van der Waals surface area contributed by atoms with E-state index in [9.17, 15) is 8.42 Å². The number of anilines is 1. The summed E-state index contributed by atoms with van der Waals surface area (Å²) in [5, 5.41) is 3.44. The van der Waals surface area contributed by atoms with Crippen molar-refractivity contribution in [2.24, 2.45) is 0 Å². The maximum Gasteiger partial charge on any atom is 0.264 e. The highest BCUT2D eigenvalue weighted by atomic mass is 35.5. The van der Waals surface area contributed by atoms with Crippen LogP contribution in [0.25, 0.3) is 0 Å². The molecule has 5 nitrogen and oxygen atoms in total. The predicted octanol–water partition coefficient (Wildman–Crippen LogP) is 3.02. The van der Waals surface area contributed by atoms with Gasteiger partial charge in [-0.25, -0.2) is 13.4 Å². The molecule has 2 aromatic rings. The molecule has 0 aliphatic heterocycles. The summed E-state index contributed by atoms with van der Waals surface area (Å²) in [6.45, 7) is 5.28. The maximum absolute atomic E-state index is 12.4. The van der Waals surface area contributed by atoms with Gasteiger partial charge in [0.1, 0.15) is 4.90 Å².